The molecule has 0 spiro atoms. The van der Waals surface area contributed by atoms with Crippen LogP contribution < -0.4 is 5.73 Å². The molecule has 1 amide bonds. The minimum Gasteiger partial charge on any atom is -0.366 e. The zero-order valence-corrected chi connectivity index (χ0v) is 6.58. The molecule has 1 atom stereocenters. The summed E-state index contributed by atoms with van der Waals surface area (Å²) in [5.41, 5.74) is 5.92. The smallest absolute Gasteiger partial charge is 0.241 e. The van der Waals surface area contributed by atoms with Crippen molar-refractivity contribution in [3.05, 3.63) is 12.2 Å². The molecule has 0 aliphatic carbocycles. The van der Waals surface area contributed by atoms with Gasteiger partial charge in [-0.3, -0.25) is 9.79 Å². The molecule has 1 unspecified atom stereocenters. The molecule has 1 rings (SSSR count). The van der Waals surface area contributed by atoms with Crippen molar-refractivity contribution in [2.24, 2.45) is 16.6 Å². The minimum absolute atomic E-state index is 0.410. The van der Waals surface area contributed by atoms with E-state index in [0.29, 0.717) is 5.92 Å². The second kappa shape index (κ2) is 3.32. The van der Waals surface area contributed by atoms with E-state index in [1.165, 1.54) is 6.08 Å². The van der Waals surface area contributed by atoms with Crippen molar-refractivity contribution in [1.29, 1.82) is 0 Å². The molecule has 1 aliphatic rings. The van der Waals surface area contributed by atoms with Crippen molar-refractivity contribution in [1.82, 2.24) is 0 Å². The summed E-state index contributed by atoms with van der Waals surface area (Å²) in [5, 5.41) is 0. The van der Waals surface area contributed by atoms with Crippen LogP contribution in [0.2, 0.25) is 0 Å². The number of nitrogens with zero attached hydrogens (tertiary/aromatic N) is 1. The third-order valence-electron chi connectivity index (χ3n) is 1.78. The highest BCUT2D eigenvalue weighted by Gasteiger charge is 2.12. The van der Waals surface area contributed by atoms with Gasteiger partial charge in [-0.1, -0.05) is 6.92 Å². The van der Waals surface area contributed by atoms with Crippen molar-refractivity contribution < 1.29 is 4.79 Å². The molecule has 60 valence electrons. The fraction of sp³-hybridized carbons (Fsp3) is 0.500. The van der Waals surface area contributed by atoms with E-state index >= 15 is 0 Å². The molecule has 0 aromatic rings. The van der Waals surface area contributed by atoms with Crippen LogP contribution in [0, 0.1) is 5.92 Å². The van der Waals surface area contributed by atoms with E-state index in [0.717, 1.165) is 18.7 Å². The van der Waals surface area contributed by atoms with Gasteiger partial charge in [0.25, 0.3) is 0 Å². The average Bonchev–Trinajstić information content (AvgIpc) is 2.31. The summed E-state index contributed by atoms with van der Waals surface area (Å²) in [5.74, 6) is 0.0670. The summed E-state index contributed by atoms with van der Waals surface area (Å²) in [6.45, 7) is 2.97. The highest BCUT2D eigenvalue weighted by Crippen LogP contribution is 2.13. The van der Waals surface area contributed by atoms with Crippen LogP contribution in [0.4, 0.5) is 0 Å². The maximum atomic E-state index is 10.3. The summed E-state index contributed by atoms with van der Waals surface area (Å²) < 4.78 is 0. The number of carbonyl (C=O) groups excluding carboxylic acids is 1. The molecule has 0 fully saturated rings. The SMILES string of the molecule is CC1CCN=C1/C=C/C(N)=O. The molecule has 0 saturated carbocycles. The molecule has 1 aliphatic heterocycles. The highest BCUT2D eigenvalue weighted by molar-refractivity contribution is 6.02. The lowest BCUT2D eigenvalue weighted by atomic mass is 10.1. The van der Waals surface area contributed by atoms with E-state index < -0.39 is 5.91 Å². The molecular formula is C8H12N2O. The normalized spacial score (nSPS) is 24.1. The largest absolute Gasteiger partial charge is 0.366 e. The van der Waals surface area contributed by atoms with Crippen LogP contribution >= 0.6 is 0 Å². The van der Waals surface area contributed by atoms with Crippen molar-refractivity contribution >= 4 is 11.6 Å². The van der Waals surface area contributed by atoms with Gasteiger partial charge in [-0.05, 0) is 18.4 Å². The van der Waals surface area contributed by atoms with E-state index in [4.69, 9.17) is 5.73 Å². The molecular weight excluding hydrogens is 140 g/mol. The van der Waals surface area contributed by atoms with Gasteiger partial charge in [0.1, 0.15) is 0 Å². The van der Waals surface area contributed by atoms with Gasteiger partial charge in [-0.2, -0.15) is 0 Å². The first-order chi connectivity index (χ1) is 5.20. The maximum Gasteiger partial charge on any atom is 0.241 e. The molecule has 0 aromatic carbocycles. The number of carbonyl (C=O) groups is 1. The van der Waals surface area contributed by atoms with E-state index in [1.54, 1.807) is 6.08 Å². The van der Waals surface area contributed by atoms with Gasteiger partial charge in [0.15, 0.2) is 0 Å². The first kappa shape index (κ1) is 7.98. The summed E-state index contributed by atoms with van der Waals surface area (Å²) in [7, 11) is 0. The van der Waals surface area contributed by atoms with Crippen LogP contribution in [0.1, 0.15) is 13.3 Å². The first-order valence-electron chi connectivity index (χ1n) is 3.72. The topological polar surface area (TPSA) is 55.4 Å². The van der Waals surface area contributed by atoms with Crippen LogP contribution in [0.25, 0.3) is 0 Å². The number of rotatable bonds is 2. The quantitative estimate of drug-likeness (QED) is 0.576. The van der Waals surface area contributed by atoms with Gasteiger partial charge >= 0.3 is 0 Å². The predicted octanol–water partition coefficient (Wildman–Crippen LogP) is 0.509. The minimum atomic E-state index is -0.410. The van der Waals surface area contributed by atoms with E-state index in [2.05, 4.69) is 11.9 Å². The molecule has 3 heteroatoms. The zero-order valence-electron chi connectivity index (χ0n) is 6.58. The fourth-order valence-corrected chi connectivity index (χ4v) is 1.08. The lowest BCUT2D eigenvalue weighted by molar-refractivity contribution is -0.113. The molecule has 3 nitrogen and oxygen atoms in total. The number of allylic oxidation sites excluding steroid dienone is 1. The van der Waals surface area contributed by atoms with Crippen LogP contribution in [-0.4, -0.2) is 18.2 Å². The number of hydrogen-bond donors (Lipinski definition) is 1. The zero-order chi connectivity index (χ0) is 8.27. The Balaban J connectivity index is 2.55. The monoisotopic (exact) mass is 152 g/mol. The summed E-state index contributed by atoms with van der Waals surface area (Å²) in [6, 6.07) is 0. The van der Waals surface area contributed by atoms with E-state index in [9.17, 15) is 4.79 Å². The van der Waals surface area contributed by atoms with Crippen LogP contribution in [0.15, 0.2) is 17.1 Å². The third-order valence-corrected chi connectivity index (χ3v) is 1.78. The van der Waals surface area contributed by atoms with Crippen molar-refractivity contribution in [3.63, 3.8) is 0 Å². The fourth-order valence-electron chi connectivity index (χ4n) is 1.08. The Hall–Kier alpha value is -1.12. The third kappa shape index (κ3) is 2.18. The molecule has 11 heavy (non-hydrogen) atoms. The van der Waals surface area contributed by atoms with Gasteiger partial charge in [-0.15, -0.1) is 0 Å². The maximum absolute atomic E-state index is 10.3. The Bertz CT molecular complexity index is 218. The molecule has 0 radical (unpaired) electrons. The molecule has 0 aromatic heterocycles. The van der Waals surface area contributed by atoms with Crippen LogP contribution in [0.5, 0.6) is 0 Å². The first-order valence-corrected chi connectivity index (χ1v) is 3.72. The van der Waals surface area contributed by atoms with E-state index in [1.807, 2.05) is 0 Å². The standard InChI is InChI=1S/C8H12N2O/c1-6-4-5-10-7(6)2-3-8(9)11/h2-3,6H,4-5H2,1H3,(H2,9,11)/b3-2+. The Morgan fingerprint density at radius 2 is 2.55 bits per heavy atom. The number of amides is 1. The van der Waals surface area contributed by atoms with Gasteiger partial charge in [0.05, 0.1) is 0 Å². The van der Waals surface area contributed by atoms with Crippen LogP contribution in [0.3, 0.4) is 0 Å². The average molecular weight is 152 g/mol. The summed E-state index contributed by atoms with van der Waals surface area (Å²) in [4.78, 5) is 14.6. The highest BCUT2D eigenvalue weighted by atomic mass is 16.1. The van der Waals surface area contributed by atoms with Crippen molar-refractivity contribution in [3.8, 4) is 0 Å². The lowest BCUT2D eigenvalue weighted by Gasteiger charge is -1.98. The Labute approximate surface area is 66.0 Å². The molecule has 2 N–H and O–H groups in total. The lowest BCUT2D eigenvalue weighted by Crippen LogP contribution is -2.08. The van der Waals surface area contributed by atoms with E-state index in [-0.39, 0.29) is 0 Å². The summed E-state index contributed by atoms with van der Waals surface area (Å²) in [6.07, 6.45) is 4.15. The van der Waals surface area contributed by atoms with Gasteiger partial charge in [-0.25, -0.2) is 0 Å². The number of primary amides is 1. The number of nitrogens with two attached hydrogens (primary N) is 1. The predicted molar refractivity (Wildman–Crippen MR) is 44.4 cm³/mol. The second-order valence-corrected chi connectivity index (χ2v) is 2.73. The molecule has 1 heterocycles. The Kier molecular flexibility index (Phi) is 2.41. The van der Waals surface area contributed by atoms with Crippen molar-refractivity contribution in [2.75, 3.05) is 6.54 Å². The van der Waals surface area contributed by atoms with Gasteiger partial charge in [0, 0.05) is 18.3 Å². The molecule has 0 bridgehead atoms. The molecule has 0 saturated heterocycles. The van der Waals surface area contributed by atoms with Gasteiger partial charge in [0.2, 0.25) is 5.91 Å². The Morgan fingerprint density at radius 1 is 1.82 bits per heavy atom. The Morgan fingerprint density at radius 3 is 3.00 bits per heavy atom. The second-order valence-electron chi connectivity index (χ2n) is 2.73. The number of hydrogen-bond acceptors (Lipinski definition) is 2. The number of aliphatic imine (C=N–C) groups is 1. The van der Waals surface area contributed by atoms with Gasteiger partial charge < -0.3 is 5.73 Å². The van der Waals surface area contributed by atoms with Crippen LogP contribution in [-0.2, 0) is 4.79 Å². The summed E-state index contributed by atoms with van der Waals surface area (Å²) >= 11 is 0. The van der Waals surface area contributed by atoms with Crippen molar-refractivity contribution in [2.45, 2.75) is 13.3 Å².